The number of allylic oxidation sites excluding steroid dienone is 1. The van der Waals surface area contributed by atoms with Crippen molar-refractivity contribution in [2.45, 2.75) is 13.5 Å². The van der Waals surface area contributed by atoms with Gasteiger partial charge in [0, 0.05) is 11.6 Å². The zero-order valence-electron chi connectivity index (χ0n) is 13.6. The number of carbonyl (C=O) groups is 1. The summed E-state index contributed by atoms with van der Waals surface area (Å²) in [5.41, 5.74) is 2.14. The van der Waals surface area contributed by atoms with Crippen LogP contribution in [-0.4, -0.2) is 25.9 Å². The van der Waals surface area contributed by atoms with Crippen molar-refractivity contribution in [3.05, 3.63) is 89.0 Å². The van der Waals surface area contributed by atoms with Gasteiger partial charge in [-0.05, 0) is 24.6 Å². The van der Waals surface area contributed by atoms with E-state index in [2.05, 4.69) is 10.3 Å². The standard InChI is InChI=1S/C19H16FN3O2/c1-13-19(18(25)11-17(24)15-5-3-2-4-6-15)21-22-23(13)12-14-7-9-16(20)10-8-14/h2-11,24H,12H2,1H3/b17-11-. The summed E-state index contributed by atoms with van der Waals surface area (Å²) in [5, 5.41) is 17.9. The molecule has 2 aromatic carbocycles. The second-order valence-corrected chi connectivity index (χ2v) is 5.57. The van der Waals surface area contributed by atoms with Gasteiger partial charge in [0.2, 0.25) is 5.78 Å². The molecular formula is C19H16FN3O2. The Morgan fingerprint density at radius 1 is 1.16 bits per heavy atom. The van der Waals surface area contributed by atoms with Crippen LogP contribution < -0.4 is 0 Å². The number of aliphatic hydroxyl groups excluding tert-OH is 1. The molecule has 0 amide bonds. The van der Waals surface area contributed by atoms with Crippen molar-refractivity contribution >= 4 is 11.5 Å². The molecule has 0 bridgehead atoms. The van der Waals surface area contributed by atoms with Crippen LogP contribution >= 0.6 is 0 Å². The SMILES string of the molecule is Cc1c(C(=O)/C=C(\O)c2ccccc2)nnn1Cc1ccc(F)cc1. The molecule has 3 aromatic rings. The Morgan fingerprint density at radius 2 is 1.84 bits per heavy atom. The van der Waals surface area contributed by atoms with Crippen LogP contribution in [0.4, 0.5) is 4.39 Å². The van der Waals surface area contributed by atoms with E-state index in [0.29, 0.717) is 17.8 Å². The summed E-state index contributed by atoms with van der Waals surface area (Å²) in [6.07, 6.45) is 1.13. The first-order valence-corrected chi connectivity index (χ1v) is 7.69. The monoisotopic (exact) mass is 337 g/mol. The number of carbonyl (C=O) groups excluding carboxylic acids is 1. The molecule has 25 heavy (non-hydrogen) atoms. The maximum Gasteiger partial charge on any atom is 0.211 e. The first kappa shape index (κ1) is 16.6. The van der Waals surface area contributed by atoms with Gasteiger partial charge in [-0.3, -0.25) is 4.79 Å². The van der Waals surface area contributed by atoms with Crippen LogP contribution in [0.15, 0.2) is 60.7 Å². The highest BCUT2D eigenvalue weighted by atomic mass is 19.1. The van der Waals surface area contributed by atoms with Crippen molar-refractivity contribution in [2.24, 2.45) is 0 Å². The highest BCUT2D eigenvalue weighted by molar-refractivity contribution is 6.07. The van der Waals surface area contributed by atoms with E-state index in [9.17, 15) is 14.3 Å². The number of hydrogen-bond donors (Lipinski definition) is 1. The van der Waals surface area contributed by atoms with E-state index in [1.54, 1.807) is 48.0 Å². The van der Waals surface area contributed by atoms with E-state index in [4.69, 9.17) is 0 Å². The molecule has 6 heteroatoms. The van der Waals surface area contributed by atoms with E-state index in [1.165, 1.54) is 12.1 Å². The van der Waals surface area contributed by atoms with Crippen molar-refractivity contribution in [3.63, 3.8) is 0 Å². The van der Waals surface area contributed by atoms with Gasteiger partial charge in [-0.25, -0.2) is 9.07 Å². The molecule has 0 radical (unpaired) electrons. The van der Waals surface area contributed by atoms with Crippen LogP contribution in [0.5, 0.6) is 0 Å². The predicted molar refractivity (Wildman–Crippen MR) is 91.6 cm³/mol. The van der Waals surface area contributed by atoms with Gasteiger partial charge in [0.25, 0.3) is 0 Å². The zero-order valence-corrected chi connectivity index (χ0v) is 13.6. The normalized spacial score (nSPS) is 11.5. The Kier molecular flexibility index (Phi) is 4.70. The molecule has 0 atom stereocenters. The summed E-state index contributed by atoms with van der Waals surface area (Å²) in [6.45, 7) is 2.10. The number of aromatic nitrogens is 3. The molecule has 0 unspecified atom stereocenters. The van der Waals surface area contributed by atoms with Gasteiger partial charge in [0.15, 0.2) is 5.69 Å². The van der Waals surface area contributed by atoms with Crippen LogP contribution in [0, 0.1) is 12.7 Å². The summed E-state index contributed by atoms with van der Waals surface area (Å²) >= 11 is 0. The number of halogens is 1. The van der Waals surface area contributed by atoms with Gasteiger partial charge in [-0.15, -0.1) is 5.10 Å². The lowest BCUT2D eigenvalue weighted by atomic mass is 10.1. The Balaban J connectivity index is 1.80. The third-order valence-electron chi connectivity index (χ3n) is 3.80. The number of rotatable bonds is 5. The van der Waals surface area contributed by atoms with Crippen molar-refractivity contribution in [2.75, 3.05) is 0 Å². The van der Waals surface area contributed by atoms with Crippen molar-refractivity contribution in [1.82, 2.24) is 15.0 Å². The fourth-order valence-corrected chi connectivity index (χ4v) is 2.39. The maximum absolute atomic E-state index is 13.0. The second kappa shape index (κ2) is 7.09. The van der Waals surface area contributed by atoms with Crippen molar-refractivity contribution in [3.8, 4) is 0 Å². The molecule has 5 nitrogen and oxygen atoms in total. The molecule has 1 heterocycles. The van der Waals surface area contributed by atoms with Gasteiger partial charge in [-0.1, -0.05) is 47.7 Å². The van der Waals surface area contributed by atoms with Gasteiger partial charge in [-0.2, -0.15) is 0 Å². The first-order valence-electron chi connectivity index (χ1n) is 7.69. The Bertz CT molecular complexity index is 916. The van der Waals surface area contributed by atoms with Crippen molar-refractivity contribution < 1.29 is 14.3 Å². The average molecular weight is 337 g/mol. The average Bonchev–Trinajstić information content (AvgIpc) is 2.98. The molecule has 0 aliphatic rings. The maximum atomic E-state index is 13.0. The molecular weight excluding hydrogens is 321 g/mol. The molecule has 0 spiro atoms. The lowest BCUT2D eigenvalue weighted by Gasteiger charge is -2.04. The van der Waals surface area contributed by atoms with Crippen LogP contribution in [0.1, 0.15) is 27.3 Å². The number of aliphatic hydroxyl groups is 1. The summed E-state index contributed by atoms with van der Waals surface area (Å²) in [5.74, 6) is -0.862. The number of hydrogen-bond acceptors (Lipinski definition) is 4. The zero-order chi connectivity index (χ0) is 17.8. The Hall–Kier alpha value is -3.28. The van der Waals surface area contributed by atoms with Crippen molar-refractivity contribution in [1.29, 1.82) is 0 Å². The highest BCUT2D eigenvalue weighted by Crippen LogP contribution is 2.14. The fourth-order valence-electron chi connectivity index (χ4n) is 2.39. The molecule has 0 fully saturated rings. The molecule has 0 saturated carbocycles. The van der Waals surface area contributed by atoms with Crippen LogP contribution in [0.3, 0.4) is 0 Å². The Labute approximate surface area is 144 Å². The number of ketones is 1. The van der Waals surface area contributed by atoms with E-state index in [-0.39, 0.29) is 17.3 Å². The Morgan fingerprint density at radius 3 is 2.52 bits per heavy atom. The minimum Gasteiger partial charge on any atom is -0.507 e. The molecule has 0 aliphatic heterocycles. The summed E-state index contributed by atoms with van der Waals surface area (Å²) in [6, 6.07) is 14.8. The van der Waals surface area contributed by atoms with E-state index in [1.807, 2.05) is 6.07 Å². The van der Waals surface area contributed by atoms with E-state index in [0.717, 1.165) is 11.6 Å². The van der Waals surface area contributed by atoms with Gasteiger partial charge >= 0.3 is 0 Å². The van der Waals surface area contributed by atoms with Gasteiger partial charge < -0.3 is 5.11 Å². The van der Waals surface area contributed by atoms with E-state index < -0.39 is 5.78 Å². The van der Waals surface area contributed by atoms with Crippen LogP contribution in [-0.2, 0) is 6.54 Å². The molecule has 1 aromatic heterocycles. The lowest BCUT2D eigenvalue weighted by Crippen LogP contribution is -2.05. The van der Waals surface area contributed by atoms with Gasteiger partial charge in [0.1, 0.15) is 11.6 Å². The minimum absolute atomic E-state index is 0.127. The summed E-state index contributed by atoms with van der Waals surface area (Å²) in [7, 11) is 0. The lowest BCUT2D eigenvalue weighted by molar-refractivity contribution is 0.104. The smallest absolute Gasteiger partial charge is 0.211 e. The first-order chi connectivity index (χ1) is 12.0. The largest absolute Gasteiger partial charge is 0.507 e. The van der Waals surface area contributed by atoms with Gasteiger partial charge in [0.05, 0.1) is 12.2 Å². The summed E-state index contributed by atoms with van der Waals surface area (Å²) < 4.78 is 14.5. The van der Waals surface area contributed by atoms with E-state index >= 15 is 0 Å². The quantitative estimate of drug-likeness (QED) is 0.439. The second-order valence-electron chi connectivity index (χ2n) is 5.57. The third kappa shape index (κ3) is 3.80. The van der Waals surface area contributed by atoms with Crippen LogP contribution in [0.25, 0.3) is 5.76 Å². The highest BCUT2D eigenvalue weighted by Gasteiger charge is 2.16. The number of nitrogens with zero attached hydrogens (tertiary/aromatic N) is 3. The fraction of sp³-hybridized carbons (Fsp3) is 0.105. The molecule has 1 N–H and O–H groups in total. The summed E-state index contributed by atoms with van der Waals surface area (Å²) in [4.78, 5) is 12.4. The molecule has 3 rings (SSSR count). The topological polar surface area (TPSA) is 68.0 Å². The molecule has 126 valence electrons. The minimum atomic E-state index is -0.427. The molecule has 0 saturated heterocycles. The number of benzene rings is 2. The predicted octanol–water partition coefficient (Wildman–Crippen LogP) is 3.56. The van der Waals surface area contributed by atoms with Crippen LogP contribution in [0.2, 0.25) is 0 Å². The third-order valence-corrected chi connectivity index (χ3v) is 3.80. The molecule has 0 aliphatic carbocycles.